The number of hydrogen-bond acceptors (Lipinski definition) is 7. The first-order valence-electron chi connectivity index (χ1n) is 11.6. The summed E-state index contributed by atoms with van der Waals surface area (Å²) in [5.74, 6) is -0.579. The molecule has 2 saturated heterocycles. The maximum Gasteiger partial charge on any atom is 0.340 e. The maximum absolute atomic E-state index is 13.1. The molecule has 5 atom stereocenters. The summed E-state index contributed by atoms with van der Waals surface area (Å²) in [5.41, 5.74) is -1.46. The van der Waals surface area contributed by atoms with E-state index in [0.29, 0.717) is 0 Å². The van der Waals surface area contributed by atoms with Crippen LogP contribution in [0.5, 0.6) is 0 Å². The number of benzene rings is 2. The van der Waals surface area contributed by atoms with Crippen LogP contribution in [0.4, 0.5) is 0 Å². The Bertz CT molecular complexity index is 938. The molecule has 8 heteroatoms. The second kappa shape index (κ2) is 9.52. The van der Waals surface area contributed by atoms with Crippen molar-refractivity contribution in [3.63, 3.8) is 0 Å². The van der Waals surface area contributed by atoms with Gasteiger partial charge in [0.2, 0.25) is 0 Å². The molecule has 34 heavy (non-hydrogen) atoms. The number of aliphatic hydroxyl groups is 2. The lowest BCUT2D eigenvalue weighted by molar-refractivity contribution is -0.200. The van der Waals surface area contributed by atoms with Crippen LogP contribution in [0.25, 0.3) is 0 Å². The number of rotatable bonds is 6. The fraction of sp³-hybridized carbons (Fsp3) is 0.500. The summed E-state index contributed by atoms with van der Waals surface area (Å²) in [6.07, 6.45) is -3.44. The van der Waals surface area contributed by atoms with Gasteiger partial charge in [0.25, 0.3) is 8.32 Å². The molecule has 0 unspecified atom stereocenters. The van der Waals surface area contributed by atoms with Crippen molar-refractivity contribution >= 4 is 24.7 Å². The molecule has 0 amide bonds. The van der Waals surface area contributed by atoms with E-state index in [0.717, 1.165) is 10.4 Å². The van der Waals surface area contributed by atoms with Crippen molar-refractivity contribution in [1.82, 2.24) is 0 Å². The summed E-state index contributed by atoms with van der Waals surface area (Å²) in [6, 6.07) is 20.2. The van der Waals surface area contributed by atoms with Crippen molar-refractivity contribution < 1.29 is 33.6 Å². The van der Waals surface area contributed by atoms with Crippen molar-refractivity contribution in [2.75, 3.05) is 20.3 Å². The highest BCUT2D eigenvalue weighted by atomic mass is 28.4. The van der Waals surface area contributed by atoms with Crippen LogP contribution in [0.2, 0.25) is 5.04 Å². The Morgan fingerprint density at radius 2 is 1.62 bits per heavy atom. The topological polar surface area (TPSA) is 94.5 Å². The second-order valence-corrected chi connectivity index (χ2v) is 14.5. The number of carbonyl (C=O) groups is 1. The van der Waals surface area contributed by atoms with Crippen LogP contribution in [0.1, 0.15) is 27.2 Å². The molecule has 2 heterocycles. The van der Waals surface area contributed by atoms with Gasteiger partial charge in [-0.15, -0.1) is 0 Å². The van der Waals surface area contributed by atoms with Crippen molar-refractivity contribution in [1.29, 1.82) is 0 Å². The summed E-state index contributed by atoms with van der Waals surface area (Å²) in [5, 5.41) is 22.4. The van der Waals surface area contributed by atoms with Gasteiger partial charge in [-0.2, -0.15) is 0 Å². The normalized spacial score (nSPS) is 29.5. The summed E-state index contributed by atoms with van der Waals surface area (Å²) < 4.78 is 24.0. The molecule has 2 aromatic carbocycles. The van der Waals surface area contributed by atoms with E-state index in [1.807, 2.05) is 36.4 Å². The number of esters is 1. The van der Waals surface area contributed by atoms with E-state index in [1.165, 1.54) is 7.11 Å². The monoisotopic (exact) mass is 486 g/mol. The summed E-state index contributed by atoms with van der Waals surface area (Å²) >= 11 is 0. The third-order valence-electron chi connectivity index (χ3n) is 6.97. The van der Waals surface area contributed by atoms with Gasteiger partial charge in [0.1, 0.15) is 18.3 Å². The first-order chi connectivity index (χ1) is 16.1. The third-order valence-corrected chi connectivity index (χ3v) is 11.9. The molecule has 184 valence electrons. The van der Waals surface area contributed by atoms with E-state index in [-0.39, 0.29) is 24.7 Å². The SMILES string of the molecule is COC(=O)[C@@]1(CO[Si](c2ccccc2)(c2ccccc2)C(C)(C)C)C[C@H]2OC[C@H](O)[C@H](O)[C@H]2O1. The largest absolute Gasteiger partial charge is 0.467 e. The van der Waals surface area contributed by atoms with Gasteiger partial charge in [-0.05, 0) is 15.4 Å². The highest BCUT2D eigenvalue weighted by molar-refractivity contribution is 6.99. The van der Waals surface area contributed by atoms with E-state index >= 15 is 0 Å². The van der Waals surface area contributed by atoms with E-state index in [4.69, 9.17) is 18.6 Å². The van der Waals surface area contributed by atoms with Gasteiger partial charge in [0.15, 0.2) is 5.60 Å². The minimum Gasteiger partial charge on any atom is -0.467 e. The van der Waals surface area contributed by atoms with Gasteiger partial charge in [-0.25, -0.2) is 4.79 Å². The highest BCUT2D eigenvalue weighted by Gasteiger charge is 2.60. The van der Waals surface area contributed by atoms with Gasteiger partial charge in [-0.1, -0.05) is 81.4 Å². The molecule has 2 aromatic rings. The van der Waals surface area contributed by atoms with Crippen LogP contribution in [0, 0.1) is 0 Å². The Balaban J connectivity index is 1.76. The summed E-state index contributed by atoms with van der Waals surface area (Å²) in [6.45, 7) is 6.39. The zero-order valence-corrected chi connectivity index (χ0v) is 21.1. The minimum absolute atomic E-state index is 0.0154. The number of carbonyl (C=O) groups excluding carboxylic acids is 1. The van der Waals surface area contributed by atoms with Crippen LogP contribution >= 0.6 is 0 Å². The van der Waals surface area contributed by atoms with E-state index in [2.05, 4.69) is 45.0 Å². The molecule has 2 aliphatic heterocycles. The molecule has 0 bridgehead atoms. The standard InChI is InChI=1S/C26H34O7Si/c1-25(2,3)34(18-11-7-5-8-12-18,19-13-9-6-10-14-19)32-17-26(24(29)30-4)15-21-23(33-26)22(28)20(27)16-31-21/h5-14,20-23,27-28H,15-17H2,1-4H3/t20-,21+,22-,23-,26-/m0/s1. The van der Waals surface area contributed by atoms with Crippen molar-refractivity contribution in [3.8, 4) is 0 Å². The van der Waals surface area contributed by atoms with Crippen molar-refractivity contribution in [3.05, 3.63) is 60.7 Å². The Morgan fingerprint density at radius 3 is 2.12 bits per heavy atom. The molecule has 0 spiro atoms. The van der Waals surface area contributed by atoms with Crippen molar-refractivity contribution in [2.45, 2.75) is 62.2 Å². The van der Waals surface area contributed by atoms with E-state index < -0.39 is 44.3 Å². The number of hydrogen-bond donors (Lipinski definition) is 2. The molecule has 7 nitrogen and oxygen atoms in total. The maximum atomic E-state index is 13.1. The zero-order valence-electron chi connectivity index (χ0n) is 20.1. The lowest BCUT2D eigenvalue weighted by Crippen LogP contribution is -2.68. The lowest BCUT2D eigenvalue weighted by Gasteiger charge is -2.44. The van der Waals surface area contributed by atoms with Crippen LogP contribution in [0.3, 0.4) is 0 Å². The Hall–Kier alpha value is -2.07. The quantitative estimate of drug-likeness (QED) is 0.471. The second-order valence-electron chi connectivity index (χ2n) is 10.2. The van der Waals surface area contributed by atoms with Gasteiger partial charge in [0.05, 0.1) is 26.4 Å². The third kappa shape index (κ3) is 4.23. The molecule has 0 radical (unpaired) electrons. The number of methoxy groups -OCH3 is 1. The molecular weight excluding hydrogens is 452 g/mol. The average Bonchev–Trinajstić information content (AvgIpc) is 3.23. The van der Waals surface area contributed by atoms with Crippen molar-refractivity contribution in [2.24, 2.45) is 0 Å². The highest BCUT2D eigenvalue weighted by Crippen LogP contribution is 2.42. The van der Waals surface area contributed by atoms with Gasteiger partial charge in [-0.3, -0.25) is 0 Å². The first kappa shape index (κ1) is 25.0. The van der Waals surface area contributed by atoms with Gasteiger partial charge >= 0.3 is 5.97 Å². The average molecular weight is 487 g/mol. The fourth-order valence-corrected chi connectivity index (χ4v) is 9.87. The van der Waals surface area contributed by atoms with Crippen LogP contribution in [0.15, 0.2) is 60.7 Å². The Kier molecular flexibility index (Phi) is 7.01. The predicted octanol–water partition coefficient (Wildman–Crippen LogP) is 1.38. The minimum atomic E-state index is -2.94. The van der Waals surface area contributed by atoms with Crippen LogP contribution in [-0.2, 0) is 23.4 Å². The smallest absolute Gasteiger partial charge is 0.340 e. The van der Waals surface area contributed by atoms with E-state index in [1.54, 1.807) is 0 Å². The van der Waals surface area contributed by atoms with Gasteiger partial charge < -0.3 is 28.8 Å². The fourth-order valence-electron chi connectivity index (χ4n) is 5.26. The molecular formula is C26H34O7Si. The molecule has 4 rings (SSSR count). The van der Waals surface area contributed by atoms with Crippen LogP contribution < -0.4 is 10.4 Å². The summed E-state index contributed by atoms with van der Waals surface area (Å²) in [7, 11) is -1.63. The zero-order chi connectivity index (χ0) is 24.6. The lowest BCUT2D eigenvalue weighted by atomic mass is 9.95. The Morgan fingerprint density at radius 1 is 1.06 bits per heavy atom. The molecule has 0 aromatic heterocycles. The molecule has 2 N–H and O–H groups in total. The molecule has 0 saturated carbocycles. The predicted molar refractivity (Wildman–Crippen MR) is 130 cm³/mol. The summed E-state index contributed by atoms with van der Waals surface area (Å²) in [4.78, 5) is 13.1. The molecule has 2 fully saturated rings. The van der Waals surface area contributed by atoms with Crippen LogP contribution in [-0.4, -0.2) is 74.8 Å². The number of fused-ring (bicyclic) bond motifs is 1. The molecule has 2 aliphatic rings. The van der Waals surface area contributed by atoms with Gasteiger partial charge in [0, 0.05) is 6.42 Å². The van der Waals surface area contributed by atoms with E-state index in [9.17, 15) is 15.0 Å². The number of ether oxygens (including phenoxy) is 3. The number of aliphatic hydroxyl groups excluding tert-OH is 2. The Labute approximate surface area is 201 Å². The molecule has 0 aliphatic carbocycles. The first-order valence-corrected chi connectivity index (χ1v) is 13.5.